The number of fused-ring (bicyclic) bond motifs is 1. The van der Waals surface area contributed by atoms with Gasteiger partial charge in [-0.1, -0.05) is 12.1 Å². The molecule has 4 rings (SSSR count). The van der Waals surface area contributed by atoms with E-state index in [-0.39, 0.29) is 30.7 Å². The van der Waals surface area contributed by atoms with Crippen LogP contribution in [0.3, 0.4) is 0 Å². The summed E-state index contributed by atoms with van der Waals surface area (Å²) >= 11 is 1.81. The second kappa shape index (κ2) is 9.17. The van der Waals surface area contributed by atoms with Crippen LogP contribution in [0.4, 0.5) is 0 Å². The summed E-state index contributed by atoms with van der Waals surface area (Å²) in [6, 6.07) is 8.34. The quantitative estimate of drug-likeness (QED) is 0.827. The number of thiazole rings is 1. The SMILES string of the molecule is Cl.Cl.O=C(CNCC1CC1)N1CCC(c2nc3ccccc3s2)CC1. The van der Waals surface area contributed by atoms with Crippen LogP contribution < -0.4 is 5.32 Å². The lowest BCUT2D eigenvalue weighted by Gasteiger charge is -2.31. The second-order valence-corrected chi connectivity index (χ2v) is 7.81. The van der Waals surface area contributed by atoms with Gasteiger partial charge in [-0.3, -0.25) is 4.79 Å². The Morgan fingerprint density at radius 3 is 2.56 bits per heavy atom. The first-order valence-electron chi connectivity index (χ1n) is 8.63. The molecule has 1 saturated heterocycles. The first kappa shape index (κ1) is 20.4. The van der Waals surface area contributed by atoms with Crippen LogP contribution >= 0.6 is 36.2 Å². The highest BCUT2D eigenvalue weighted by atomic mass is 35.5. The maximum atomic E-state index is 12.2. The van der Waals surface area contributed by atoms with Crippen molar-refractivity contribution in [1.82, 2.24) is 15.2 Å². The van der Waals surface area contributed by atoms with Crippen molar-refractivity contribution in [2.45, 2.75) is 31.6 Å². The van der Waals surface area contributed by atoms with Gasteiger partial charge < -0.3 is 10.2 Å². The van der Waals surface area contributed by atoms with E-state index in [1.807, 2.05) is 22.3 Å². The van der Waals surface area contributed by atoms with Gasteiger partial charge in [-0.25, -0.2) is 4.98 Å². The lowest BCUT2D eigenvalue weighted by molar-refractivity contribution is -0.131. The highest BCUT2D eigenvalue weighted by Gasteiger charge is 2.26. The molecule has 1 aliphatic heterocycles. The topological polar surface area (TPSA) is 45.2 Å². The number of carbonyl (C=O) groups is 1. The molecule has 4 nitrogen and oxygen atoms in total. The number of likely N-dealkylation sites (tertiary alicyclic amines) is 1. The third-order valence-corrected chi connectivity index (χ3v) is 6.11. The number of carbonyl (C=O) groups excluding carboxylic acids is 1. The Hall–Kier alpha value is -0.880. The Labute approximate surface area is 165 Å². The summed E-state index contributed by atoms with van der Waals surface area (Å²) in [5.74, 6) is 1.59. The molecule has 1 aromatic carbocycles. The predicted octanol–water partition coefficient (Wildman–Crippen LogP) is 3.85. The fourth-order valence-electron chi connectivity index (χ4n) is 3.26. The van der Waals surface area contributed by atoms with Gasteiger partial charge in [0.25, 0.3) is 0 Å². The number of benzene rings is 1. The summed E-state index contributed by atoms with van der Waals surface area (Å²) in [5, 5.41) is 4.54. The summed E-state index contributed by atoms with van der Waals surface area (Å²) in [7, 11) is 0. The molecule has 1 amide bonds. The molecule has 7 heteroatoms. The van der Waals surface area contributed by atoms with Crippen LogP contribution in [-0.2, 0) is 4.79 Å². The molecule has 25 heavy (non-hydrogen) atoms. The van der Waals surface area contributed by atoms with Gasteiger partial charge in [0.15, 0.2) is 0 Å². The Bertz CT molecular complexity index is 663. The Morgan fingerprint density at radius 2 is 1.88 bits per heavy atom. The third-order valence-electron chi connectivity index (χ3n) is 4.91. The summed E-state index contributed by atoms with van der Waals surface area (Å²) in [5.41, 5.74) is 1.11. The molecule has 0 atom stereocenters. The van der Waals surface area contributed by atoms with Gasteiger partial charge in [0.1, 0.15) is 0 Å². The van der Waals surface area contributed by atoms with E-state index in [0.717, 1.165) is 43.9 Å². The molecule has 1 aromatic heterocycles. The molecule has 138 valence electrons. The van der Waals surface area contributed by atoms with Crippen LogP contribution in [0.25, 0.3) is 10.2 Å². The number of nitrogens with one attached hydrogen (secondary N) is 1. The normalized spacial score (nSPS) is 17.8. The van der Waals surface area contributed by atoms with Gasteiger partial charge in [0, 0.05) is 19.0 Å². The lowest BCUT2D eigenvalue weighted by Crippen LogP contribution is -2.42. The van der Waals surface area contributed by atoms with Crippen LogP contribution in [0.5, 0.6) is 0 Å². The number of amides is 1. The van der Waals surface area contributed by atoms with Crippen molar-refractivity contribution in [2.75, 3.05) is 26.2 Å². The smallest absolute Gasteiger partial charge is 0.236 e. The minimum Gasteiger partial charge on any atom is -0.342 e. The van der Waals surface area contributed by atoms with Crippen LogP contribution in [0.1, 0.15) is 36.6 Å². The molecule has 2 heterocycles. The maximum Gasteiger partial charge on any atom is 0.236 e. The van der Waals surface area contributed by atoms with Crippen molar-refractivity contribution in [3.8, 4) is 0 Å². The van der Waals surface area contributed by atoms with Gasteiger partial charge >= 0.3 is 0 Å². The molecule has 2 aliphatic rings. The minimum absolute atomic E-state index is 0. The summed E-state index contributed by atoms with van der Waals surface area (Å²) in [4.78, 5) is 19.0. The maximum absolute atomic E-state index is 12.2. The zero-order chi connectivity index (χ0) is 15.6. The van der Waals surface area contributed by atoms with E-state index in [1.165, 1.54) is 22.5 Å². The second-order valence-electron chi connectivity index (χ2n) is 6.75. The van der Waals surface area contributed by atoms with E-state index in [2.05, 4.69) is 23.5 Å². The standard InChI is InChI=1S/C18H23N3OS.2ClH/c22-17(12-19-11-13-5-6-13)21-9-7-14(8-10-21)18-20-15-3-1-2-4-16(15)23-18;;/h1-4,13-14,19H,5-12H2;2*1H. The van der Waals surface area contributed by atoms with Gasteiger partial charge in [-0.15, -0.1) is 36.2 Å². The summed E-state index contributed by atoms with van der Waals surface area (Å²) < 4.78 is 1.27. The van der Waals surface area contributed by atoms with Crippen LogP contribution in [0.15, 0.2) is 24.3 Å². The number of hydrogen-bond donors (Lipinski definition) is 1. The Morgan fingerprint density at radius 1 is 1.16 bits per heavy atom. The van der Waals surface area contributed by atoms with Crippen LogP contribution in [-0.4, -0.2) is 42.0 Å². The van der Waals surface area contributed by atoms with Crippen molar-refractivity contribution < 1.29 is 4.79 Å². The number of rotatable bonds is 5. The molecular weight excluding hydrogens is 377 g/mol. The van der Waals surface area contributed by atoms with Crippen LogP contribution in [0.2, 0.25) is 0 Å². The van der Waals surface area contributed by atoms with Crippen molar-refractivity contribution in [2.24, 2.45) is 5.92 Å². The molecule has 0 radical (unpaired) electrons. The van der Waals surface area contributed by atoms with E-state index in [1.54, 1.807) is 0 Å². The molecule has 1 aliphatic carbocycles. The van der Waals surface area contributed by atoms with E-state index in [0.29, 0.717) is 12.5 Å². The Kier molecular flexibility index (Phi) is 7.50. The van der Waals surface area contributed by atoms with Crippen molar-refractivity contribution >= 4 is 52.3 Å². The predicted molar refractivity (Wildman–Crippen MR) is 108 cm³/mol. The number of para-hydroxylation sites is 1. The molecule has 2 fully saturated rings. The largest absolute Gasteiger partial charge is 0.342 e. The number of hydrogen-bond acceptors (Lipinski definition) is 4. The van der Waals surface area contributed by atoms with Gasteiger partial charge in [0.2, 0.25) is 5.91 Å². The minimum atomic E-state index is 0. The average Bonchev–Trinajstić information content (AvgIpc) is 3.30. The van der Waals surface area contributed by atoms with Crippen LogP contribution in [0, 0.1) is 5.92 Å². The molecule has 2 aromatic rings. The first-order chi connectivity index (χ1) is 11.3. The summed E-state index contributed by atoms with van der Waals surface area (Å²) in [6.07, 6.45) is 4.73. The Balaban J connectivity index is 0.00000113. The molecule has 0 spiro atoms. The fraction of sp³-hybridized carbons (Fsp3) is 0.556. The monoisotopic (exact) mass is 401 g/mol. The third kappa shape index (κ3) is 5.07. The highest BCUT2D eigenvalue weighted by molar-refractivity contribution is 7.18. The van der Waals surface area contributed by atoms with Crippen molar-refractivity contribution in [3.63, 3.8) is 0 Å². The number of piperidine rings is 1. The van der Waals surface area contributed by atoms with E-state index < -0.39 is 0 Å². The summed E-state index contributed by atoms with van der Waals surface area (Å²) in [6.45, 7) is 3.24. The van der Waals surface area contributed by atoms with Crippen molar-refractivity contribution in [3.05, 3.63) is 29.3 Å². The highest BCUT2D eigenvalue weighted by Crippen LogP contribution is 2.33. The van der Waals surface area contributed by atoms with E-state index in [9.17, 15) is 4.79 Å². The molecule has 0 bridgehead atoms. The van der Waals surface area contributed by atoms with Gasteiger partial charge in [0.05, 0.1) is 21.8 Å². The zero-order valence-electron chi connectivity index (χ0n) is 14.1. The first-order valence-corrected chi connectivity index (χ1v) is 9.45. The zero-order valence-corrected chi connectivity index (χ0v) is 16.6. The van der Waals surface area contributed by atoms with Gasteiger partial charge in [-0.2, -0.15) is 0 Å². The average molecular weight is 402 g/mol. The molecule has 1 N–H and O–H groups in total. The lowest BCUT2D eigenvalue weighted by atomic mass is 9.97. The number of halogens is 2. The number of aromatic nitrogens is 1. The molecule has 0 unspecified atom stereocenters. The van der Waals surface area contributed by atoms with E-state index >= 15 is 0 Å². The van der Waals surface area contributed by atoms with Gasteiger partial charge in [-0.05, 0) is 50.3 Å². The van der Waals surface area contributed by atoms with Crippen molar-refractivity contribution in [1.29, 1.82) is 0 Å². The number of nitrogens with zero attached hydrogens (tertiary/aromatic N) is 2. The molecular formula is C18H25Cl2N3OS. The van der Waals surface area contributed by atoms with E-state index in [4.69, 9.17) is 4.98 Å². The molecule has 1 saturated carbocycles. The fourth-order valence-corrected chi connectivity index (χ4v) is 4.39.